The summed E-state index contributed by atoms with van der Waals surface area (Å²) < 4.78 is 37.7. The monoisotopic (exact) mass is 848 g/mol. The summed E-state index contributed by atoms with van der Waals surface area (Å²) in [5.74, 6) is 2.23. The SMILES string of the molecule is CCCCCCCCCCC(C(=O)[O-])[N+]1(C)CCc2cc(OC)c3cc2C1Cc1ccc(cc1)Oc1cc(ccc1OC)CC1c2c(cc(OC)c(OC(C)=O)c2O3)CCN1C. The Kier molecular flexibility index (Phi) is 14.3. The number of likely N-dealkylation sites (N-methyl/N-ethyl adjacent to an activating group) is 2. The molecule has 4 aliphatic heterocycles. The molecule has 0 spiro atoms. The third-order valence-corrected chi connectivity index (χ3v) is 13.5. The number of fused-ring (bicyclic) bond motifs is 2. The largest absolute Gasteiger partial charge is 0.544 e. The highest BCUT2D eigenvalue weighted by atomic mass is 16.6. The normalized spacial score (nSPS) is 19.8. The summed E-state index contributed by atoms with van der Waals surface area (Å²) in [7, 11) is 8.99. The molecule has 332 valence electrons. The fourth-order valence-corrected chi connectivity index (χ4v) is 10.0. The Hall–Kier alpha value is -5.26. The van der Waals surface area contributed by atoms with Crippen LogP contribution in [0.3, 0.4) is 0 Å². The van der Waals surface area contributed by atoms with Crippen LogP contribution >= 0.6 is 0 Å². The molecule has 0 aromatic heterocycles. The minimum absolute atomic E-state index is 0.186. The highest BCUT2D eigenvalue weighted by Crippen LogP contribution is 2.53. The van der Waals surface area contributed by atoms with Crippen molar-refractivity contribution in [3.05, 3.63) is 94.0 Å². The molecule has 6 bridgehead atoms. The number of carbonyl (C=O) groups excluding carboxylic acids is 2. The van der Waals surface area contributed by atoms with E-state index in [1.165, 1.54) is 39.0 Å². The lowest BCUT2D eigenvalue weighted by Gasteiger charge is -2.51. The van der Waals surface area contributed by atoms with Crippen molar-refractivity contribution in [2.24, 2.45) is 0 Å². The van der Waals surface area contributed by atoms with E-state index in [1.54, 1.807) is 21.3 Å². The number of carboxylic acid groups (broad SMARTS) is 1. The second kappa shape index (κ2) is 19.8. The van der Waals surface area contributed by atoms with Gasteiger partial charge in [-0.1, -0.05) is 70.1 Å². The molecule has 0 aliphatic carbocycles. The summed E-state index contributed by atoms with van der Waals surface area (Å²) in [6, 6.07) is 18.9. The Bertz CT molecular complexity index is 2220. The molecule has 4 atom stereocenters. The standard InChI is InChI=1S/C51H64N2O9/c1-8-9-10-11-12-13-14-15-16-41(51(55)56)53(4)26-24-36-30-44(58-6)46-32-39(36)42(53)28-34-17-20-38(21-18-34)61-45-29-35(19-22-43(45)57-5)27-40-48-37(23-25-52(40)3)31-47(59-7)49(50(48)62-46)60-33(2)54/h17-22,29-32,40-42H,8-16,23-28H2,1-7H3. The van der Waals surface area contributed by atoms with Crippen molar-refractivity contribution in [2.75, 3.05) is 48.5 Å². The van der Waals surface area contributed by atoms with E-state index in [0.717, 1.165) is 59.2 Å². The van der Waals surface area contributed by atoms with Gasteiger partial charge in [-0.3, -0.25) is 9.69 Å². The Labute approximate surface area is 367 Å². The van der Waals surface area contributed by atoms with Gasteiger partial charge in [-0.25, -0.2) is 0 Å². The number of hydrogen-bond acceptors (Lipinski definition) is 10. The van der Waals surface area contributed by atoms with Crippen molar-refractivity contribution < 1.29 is 47.6 Å². The molecule has 4 aliphatic rings. The van der Waals surface area contributed by atoms with Crippen LogP contribution in [-0.2, 0) is 35.3 Å². The molecule has 11 nitrogen and oxygen atoms in total. The minimum atomic E-state index is -1.02. The summed E-state index contributed by atoms with van der Waals surface area (Å²) in [6.07, 6.45) is 12.1. The Morgan fingerprint density at radius 3 is 2.13 bits per heavy atom. The third-order valence-electron chi connectivity index (χ3n) is 13.5. The van der Waals surface area contributed by atoms with Gasteiger partial charge in [0.1, 0.15) is 17.8 Å². The predicted molar refractivity (Wildman–Crippen MR) is 237 cm³/mol. The predicted octanol–water partition coefficient (Wildman–Crippen LogP) is 9.24. The third kappa shape index (κ3) is 9.54. The van der Waals surface area contributed by atoms with Gasteiger partial charge >= 0.3 is 5.97 Å². The molecule has 4 aromatic rings. The van der Waals surface area contributed by atoms with Gasteiger partial charge in [0.25, 0.3) is 0 Å². The Balaban J connectivity index is 1.39. The number of aliphatic carboxylic acids is 1. The molecule has 0 radical (unpaired) electrons. The Morgan fingerprint density at radius 2 is 1.45 bits per heavy atom. The van der Waals surface area contributed by atoms with Crippen LogP contribution in [-0.4, -0.2) is 75.9 Å². The number of rotatable bonds is 15. The molecule has 4 aromatic carbocycles. The first-order chi connectivity index (χ1) is 30.0. The van der Waals surface area contributed by atoms with Crippen molar-refractivity contribution in [2.45, 2.75) is 115 Å². The van der Waals surface area contributed by atoms with Crippen LogP contribution in [0.1, 0.15) is 117 Å². The highest BCUT2D eigenvalue weighted by Gasteiger charge is 2.46. The molecule has 8 rings (SSSR count). The van der Waals surface area contributed by atoms with E-state index in [4.69, 9.17) is 28.4 Å². The van der Waals surface area contributed by atoms with E-state index in [2.05, 4.69) is 38.1 Å². The molecule has 0 N–H and O–H groups in total. The zero-order valence-electron chi connectivity index (χ0n) is 37.7. The number of unbranched alkanes of at least 4 members (excludes halogenated alkanes) is 7. The van der Waals surface area contributed by atoms with Crippen molar-refractivity contribution in [1.29, 1.82) is 0 Å². The van der Waals surface area contributed by atoms with Crippen molar-refractivity contribution >= 4 is 11.9 Å². The van der Waals surface area contributed by atoms with E-state index in [9.17, 15) is 14.7 Å². The lowest BCUT2D eigenvalue weighted by atomic mass is 9.84. The average molecular weight is 849 g/mol. The number of carbonyl (C=O) groups is 2. The number of quaternary nitrogens is 1. The second-order valence-electron chi connectivity index (χ2n) is 17.5. The summed E-state index contributed by atoms with van der Waals surface area (Å²) in [6.45, 7) is 4.98. The quantitative estimate of drug-likeness (QED) is 0.0496. The first kappa shape index (κ1) is 44.8. The smallest absolute Gasteiger partial charge is 0.308 e. The lowest BCUT2D eigenvalue weighted by Crippen LogP contribution is -2.63. The zero-order valence-corrected chi connectivity index (χ0v) is 37.7. The van der Waals surface area contributed by atoms with Crippen LogP contribution in [0.5, 0.6) is 46.0 Å². The van der Waals surface area contributed by atoms with Crippen LogP contribution in [0.25, 0.3) is 0 Å². The lowest BCUT2D eigenvalue weighted by molar-refractivity contribution is -0.958. The fraction of sp³-hybridized carbons (Fsp3) is 0.490. The molecule has 0 amide bonds. The van der Waals surface area contributed by atoms with E-state index >= 15 is 0 Å². The summed E-state index contributed by atoms with van der Waals surface area (Å²) in [5.41, 5.74) is 6.01. The van der Waals surface area contributed by atoms with Crippen molar-refractivity contribution in [3.63, 3.8) is 0 Å². The number of esters is 1. The highest BCUT2D eigenvalue weighted by molar-refractivity contribution is 5.74. The molecule has 0 saturated carbocycles. The first-order valence-electron chi connectivity index (χ1n) is 22.5. The topological polar surface area (TPSA) is 116 Å². The fourth-order valence-electron chi connectivity index (χ4n) is 10.0. The van der Waals surface area contributed by atoms with Crippen molar-refractivity contribution in [3.8, 4) is 46.0 Å². The number of carboxylic acids is 1. The van der Waals surface area contributed by atoms with Gasteiger partial charge in [0.05, 0.1) is 40.9 Å². The summed E-state index contributed by atoms with van der Waals surface area (Å²) >= 11 is 0. The van der Waals surface area contributed by atoms with E-state index in [1.807, 2.05) is 48.5 Å². The molecule has 62 heavy (non-hydrogen) atoms. The number of hydrogen-bond donors (Lipinski definition) is 0. The van der Waals surface area contributed by atoms with Crippen LogP contribution in [0.15, 0.2) is 60.7 Å². The number of methoxy groups -OCH3 is 3. The molecule has 11 heteroatoms. The van der Waals surface area contributed by atoms with Gasteiger partial charge in [0.15, 0.2) is 34.5 Å². The summed E-state index contributed by atoms with van der Waals surface area (Å²) in [5, 5.41) is 13.4. The number of benzene rings is 4. The number of nitrogens with zero attached hydrogens (tertiary/aromatic N) is 2. The van der Waals surface area contributed by atoms with Gasteiger partial charge in [0.2, 0.25) is 5.75 Å². The van der Waals surface area contributed by atoms with Crippen LogP contribution < -0.4 is 33.5 Å². The number of ether oxygens (including phenoxy) is 6. The molecule has 4 heterocycles. The van der Waals surface area contributed by atoms with E-state index in [-0.39, 0.29) is 22.3 Å². The maximum absolute atomic E-state index is 13.4. The summed E-state index contributed by atoms with van der Waals surface area (Å²) in [4.78, 5) is 28.5. The average Bonchev–Trinajstić information content (AvgIpc) is 3.25. The minimum Gasteiger partial charge on any atom is -0.544 e. The van der Waals surface area contributed by atoms with Gasteiger partial charge in [-0.2, -0.15) is 0 Å². The zero-order chi connectivity index (χ0) is 44.0. The molecule has 0 fully saturated rings. The van der Waals surface area contributed by atoms with Crippen LogP contribution in [0.2, 0.25) is 0 Å². The van der Waals surface area contributed by atoms with Gasteiger partial charge in [-0.05, 0) is 91.0 Å². The van der Waals surface area contributed by atoms with Crippen molar-refractivity contribution in [1.82, 2.24) is 4.90 Å². The van der Waals surface area contributed by atoms with Gasteiger partial charge < -0.3 is 42.8 Å². The van der Waals surface area contributed by atoms with E-state index < -0.39 is 18.0 Å². The molecular weight excluding hydrogens is 785 g/mol. The maximum Gasteiger partial charge on any atom is 0.308 e. The molecular formula is C51H64N2O9. The molecule has 4 unspecified atom stereocenters. The maximum atomic E-state index is 13.4. The molecule has 0 saturated heterocycles. The van der Waals surface area contributed by atoms with Gasteiger partial charge in [-0.15, -0.1) is 0 Å². The second-order valence-corrected chi connectivity index (χ2v) is 17.5. The first-order valence-corrected chi connectivity index (χ1v) is 22.5. The van der Waals surface area contributed by atoms with E-state index in [0.29, 0.717) is 78.9 Å². The van der Waals surface area contributed by atoms with Gasteiger partial charge in [0, 0.05) is 49.9 Å². The van der Waals surface area contributed by atoms with Crippen LogP contribution in [0, 0.1) is 0 Å². The van der Waals surface area contributed by atoms with Crippen LogP contribution in [0.4, 0.5) is 0 Å². The Morgan fingerprint density at radius 1 is 0.790 bits per heavy atom.